The molecule has 1 aromatic carbocycles. The van der Waals surface area contributed by atoms with E-state index in [1.54, 1.807) is 7.05 Å². The number of nitrogens with zero attached hydrogens (tertiary/aromatic N) is 5. The van der Waals surface area contributed by atoms with E-state index in [1.807, 2.05) is 0 Å². The van der Waals surface area contributed by atoms with Crippen molar-refractivity contribution in [3.05, 3.63) is 52.7 Å². The Morgan fingerprint density at radius 3 is 2.66 bits per heavy atom. The molecular formula is C15H14N6O7S. The van der Waals surface area contributed by atoms with Crippen LogP contribution in [-0.2, 0) is 33.2 Å². The fraction of sp³-hybridized carbons (Fsp3) is 0.200. The minimum atomic E-state index is -3.89. The average Bonchev–Trinajstić information content (AvgIpc) is 3.34. The second-order valence-corrected chi connectivity index (χ2v) is 7.41. The second-order valence-electron chi connectivity index (χ2n) is 5.64. The molecule has 0 aliphatic heterocycles. The Balaban J connectivity index is 1.52. The monoisotopic (exact) mass is 422 g/mol. The predicted octanol–water partition coefficient (Wildman–Crippen LogP) is 0.400. The van der Waals surface area contributed by atoms with Crippen molar-refractivity contribution in [2.45, 2.75) is 11.5 Å². The van der Waals surface area contributed by atoms with E-state index < -0.39 is 27.5 Å². The number of ether oxygens (including phenoxy) is 1. The van der Waals surface area contributed by atoms with Crippen LogP contribution in [0.4, 0.5) is 5.69 Å². The number of carbonyl (C=O) groups excluding carboxylic acids is 1. The first kappa shape index (κ1) is 20.1. The van der Waals surface area contributed by atoms with Crippen molar-refractivity contribution in [2.75, 3.05) is 6.54 Å². The highest BCUT2D eigenvalue weighted by Crippen LogP contribution is 2.21. The lowest BCUT2D eigenvalue weighted by Gasteiger charge is -2.04. The number of hydrogen-bond donors (Lipinski definition) is 1. The summed E-state index contributed by atoms with van der Waals surface area (Å²) in [5.41, 5.74) is 0.362. The molecule has 1 N–H and O–H groups in total. The zero-order valence-corrected chi connectivity index (χ0v) is 15.7. The molecule has 3 rings (SSSR count). The van der Waals surface area contributed by atoms with Gasteiger partial charge in [-0.3, -0.25) is 19.6 Å². The maximum Gasteiger partial charge on any atom is 0.321 e. The molecule has 2 heterocycles. The van der Waals surface area contributed by atoms with Gasteiger partial charge in [0.15, 0.2) is 6.61 Å². The Labute approximate surface area is 163 Å². The van der Waals surface area contributed by atoms with E-state index in [4.69, 9.17) is 9.15 Å². The third-order valence-corrected chi connectivity index (χ3v) is 4.90. The summed E-state index contributed by atoms with van der Waals surface area (Å²) in [5.74, 6) is -0.794. The number of carbonyl (C=O) groups is 1. The van der Waals surface area contributed by atoms with Gasteiger partial charge in [-0.1, -0.05) is 0 Å². The zero-order chi connectivity index (χ0) is 21.0. The minimum Gasteiger partial charge on any atom is -0.455 e. The van der Waals surface area contributed by atoms with Crippen LogP contribution in [0.5, 0.6) is 0 Å². The summed E-state index contributed by atoms with van der Waals surface area (Å²) >= 11 is 0. The van der Waals surface area contributed by atoms with Crippen LogP contribution in [0.15, 0.2) is 46.0 Å². The van der Waals surface area contributed by atoms with Crippen LogP contribution in [-0.4, -0.2) is 45.8 Å². The molecule has 0 saturated carbocycles. The second kappa shape index (κ2) is 8.15. The third kappa shape index (κ3) is 4.99. The van der Waals surface area contributed by atoms with Gasteiger partial charge in [0, 0.05) is 30.9 Å². The van der Waals surface area contributed by atoms with E-state index in [9.17, 15) is 23.3 Å². The van der Waals surface area contributed by atoms with Crippen LogP contribution < -0.4 is 4.72 Å². The van der Waals surface area contributed by atoms with Gasteiger partial charge in [-0.05, 0) is 12.1 Å². The number of benzene rings is 1. The van der Waals surface area contributed by atoms with Gasteiger partial charge in [-0.15, -0.1) is 10.2 Å². The number of non-ortho nitro benzene ring substituents is 1. The Bertz CT molecular complexity index is 1140. The van der Waals surface area contributed by atoms with Gasteiger partial charge < -0.3 is 9.15 Å². The zero-order valence-electron chi connectivity index (χ0n) is 14.9. The number of nitro groups is 1. The van der Waals surface area contributed by atoms with Crippen molar-refractivity contribution < 1.29 is 27.3 Å². The van der Waals surface area contributed by atoms with E-state index in [1.165, 1.54) is 35.1 Å². The van der Waals surface area contributed by atoms with Crippen LogP contribution in [0.2, 0.25) is 0 Å². The molecule has 29 heavy (non-hydrogen) atoms. The highest BCUT2D eigenvalue weighted by molar-refractivity contribution is 7.89. The van der Waals surface area contributed by atoms with Crippen LogP contribution >= 0.6 is 0 Å². The number of sulfonamides is 1. The number of hydrogen-bond acceptors (Lipinski definition) is 10. The first-order valence-corrected chi connectivity index (χ1v) is 9.44. The van der Waals surface area contributed by atoms with Crippen molar-refractivity contribution in [3.8, 4) is 11.5 Å². The highest BCUT2D eigenvalue weighted by Gasteiger charge is 2.18. The summed E-state index contributed by atoms with van der Waals surface area (Å²) in [6.07, 6.45) is 2.43. The Kier molecular flexibility index (Phi) is 5.65. The van der Waals surface area contributed by atoms with Crippen LogP contribution in [0.25, 0.3) is 11.5 Å². The molecule has 0 amide bonds. The van der Waals surface area contributed by atoms with Crippen molar-refractivity contribution in [1.82, 2.24) is 24.7 Å². The molecule has 2 aromatic heterocycles. The largest absolute Gasteiger partial charge is 0.455 e. The molecule has 0 radical (unpaired) electrons. The Morgan fingerprint density at radius 2 is 2.03 bits per heavy atom. The number of nitrogens with one attached hydrogen (secondary N) is 1. The summed E-state index contributed by atoms with van der Waals surface area (Å²) in [7, 11) is -2.33. The maximum atomic E-state index is 12.0. The number of aryl methyl sites for hydroxylation is 1. The summed E-state index contributed by atoms with van der Waals surface area (Å²) < 4.78 is 37.6. The van der Waals surface area contributed by atoms with Gasteiger partial charge in [0.1, 0.15) is 11.4 Å². The van der Waals surface area contributed by atoms with Gasteiger partial charge in [0.2, 0.25) is 15.9 Å². The molecule has 0 atom stereocenters. The van der Waals surface area contributed by atoms with Crippen molar-refractivity contribution in [1.29, 1.82) is 0 Å². The fourth-order valence-corrected chi connectivity index (χ4v) is 3.07. The third-order valence-electron chi connectivity index (χ3n) is 3.55. The molecule has 3 aromatic rings. The number of aromatic nitrogens is 4. The Morgan fingerprint density at radius 1 is 1.31 bits per heavy atom. The normalized spacial score (nSPS) is 11.3. The lowest BCUT2D eigenvalue weighted by molar-refractivity contribution is -0.384. The van der Waals surface area contributed by atoms with Crippen molar-refractivity contribution in [3.63, 3.8) is 0 Å². The van der Waals surface area contributed by atoms with Crippen molar-refractivity contribution >= 4 is 21.7 Å². The minimum absolute atomic E-state index is 0.0261. The number of esters is 1. The molecule has 152 valence electrons. The van der Waals surface area contributed by atoms with Crippen LogP contribution in [0, 0.1) is 10.1 Å². The number of nitro benzene ring substituents is 1. The summed E-state index contributed by atoms with van der Waals surface area (Å²) in [6, 6.07) is 5.45. The molecule has 0 aliphatic rings. The molecule has 0 spiro atoms. The van der Waals surface area contributed by atoms with E-state index in [2.05, 4.69) is 20.0 Å². The SMILES string of the molecule is Cn1cc(S(=O)(=O)NCC(=O)OCc2nnc(-c3ccc([N+](=O)[O-])cc3)o2)cn1. The number of rotatable bonds is 8. The standard InChI is InChI=1S/C15H14N6O7S/c1-20-8-12(6-16-20)29(25,26)17-7-14(22)27-9-13-18-19-15(28-13)10-2-4-11(5-3-10)21(23)24/h2-6,8,17H,7,9H2,1H3. The van der Waals surface area contributed by atoms with Gasteiger partial charge in [-0.2, -0.15) is 9.82 Å². The smallest absolute Gasteiger partial charge is 0.321 e. The van der Waals surface area contributed by atoms with E-state index in [-0.39, 0.29) is 29.0 Å². The fourth-order valence-electron chi connectivity index (χ4n) is 2.12. The summed E-state index contributed by atoms with van der Waals surface area (Å²) in [6.45, 7) is -0.964. The highest BCUT2D eigenvalue weighted by atomic mass is 32.2. The summed E-state index contributed by atoms with van der Waals surface area (Å²) in [4.78, 5) is 21.8. The molecule has 0 aliphatic carbocycles. The molecule has 13 nitrogen and oxygen atoms in total. The van der Waals surface area contributed by atoms with Gasteiger partial charge >= 0.3 is 5.97 Å². The first-order chi connectivity index (χ1) is 13.7. The van der Waals surface area contributed by atoms with Gasteiger partial charge in [0.25, 0.3) is 11.6 Å². The Hall–Kier alpha value is -3.65. The quantitative estimate of drug-likeness (QED) is 0.304. The van der Waals surface area contributed by atoms with Crippen molar-refractivity contribution in [2.24, 2.45) is 7.05 Å². The first-order valence-electron chi connectivity index (χ1n) is 7.96. The van der Waals surface area contributed by atoms with Crippen LogP contribution in [0.3, 0.4) is 0 Å². The molecule has 0 saturated heterocycles. The van der Waals surface area contributed by atoms with Crippen LogP contribution in [0.1, 0.15) is 5.89 Å². The molecule has 14 heteroatoms. The molecule has 0 bridgehead atoms. The average molecular weight is 422 g/mol. The molecule has 0 unspecified atom stereocenters. The topological polar surface area (TPSA) is 172 Å². The van der Waals surface area contributed by atoms with Gasteiger partial charge in [0.05, 0.1) is 11.1 Å². The van der Waals surface area contributed by atoms with E-state index in [0.717, 1.165) is 6.20 Å². The van der Waals surface area contributed by atoms with Gasteiger partial charge in [-0.25, -0.2) is 8.42 Å². The van der Waals surface area contributed by atoms with E-state index in [0.29, 0.717) is 5.56 Å². The van der Waals surface area contributed by atoms with E-state index >= 15 is 0 Å². The molecular weight excluding hydrogens is 408 g/mol. The lowest BCUT2D eigenvalue weighted by Crippen LogP contribution is -2.30. The summed E-state index contributed by atoms with van der Waals surface area (Å²) in [5, 5.41) is 21.9. The lowest BCUT2D eigenvalue weighted by atomic mass is 10.2. The maximum absolute atomic E-state index is 12.0. The predicted molar refractivity (Wildman–Crippen MR) is 94.6 cm³/mol. The molecule has 0 fully saturated rings.